The molecule has 1 unspecified atom stereocenters. The molecule has 1 atom stereocenters. The second-order valence-corrected chi connectivity index (χ2v) is 7.78. The summed E-state index contributed by atoms with van der Waals surface area (Å²) in [5, 5.41) is 3.97. The summed E-state index contributed by atoms with van der Waals surface area (Å²) >= 11 is 0. The van der Waals surface area contributed by atoms with Gasteiger partial charge in [0.1, 0.15) is 17.8 Å². The zero-order valence-corrected chi connectivity index (χ0v) is 16.1. The second kappa shape index (κ2) is 6.88. The third-order valence-electron chi connectivity index (χ3n) is 5.59. The van der Waals surface area contributed by atoms with Crippen molar-refractivity contribution < 1.29 is 9.59 Å². The first-order valence-electron chi connectivity index (χ1n) is 9.87. The van der Waals surface area contributed by atoms with Crippen molar-refractivity contribution in [2.45, 2.75) is 19.8 Å². The summed E-state index contributed by atoms with van der Waals surface area (Å²) in [5.74, 6) is 0.868. The molecule has 29 heavy (non-hydrogen) atoms. The van der Waals surface area contributed by atoms with Crippen molar-refractivity contribution in [1.82, 2.24) is 24.4 Å². The number of carbonyl (C=O) groups excluding carboxylic acids is 2. The molecular formula is C21H22N6O2. The number of amides is 2. The molecule has 1 aliphatic heterocycles. The summed E-state index contributed by atoms with van der Waals surface area (Å²) in [6.45, 7) is 3.25. The summed E-state index contributed by atoms with van der Waals surface area (Å²) in [7, 11) is 0. The minimum Gasteiger partial charge on any atom is -0.346 e. The Morgan fingerprint density at radius 1 is 1.31 bits per heavy atom. The van der Waals surface area contributed by atoms with E-state index >= 15 is 0 Å². The monoisotopic (exact) mass is 390 g/mol. The zero-order valence-electron chi connectivity index (χ0n) is 16.1. The van der Waals surface area contributed by atoms with Crippen LogP contribution in [0.4, 0.5) is 10.6 Å². The number of hydrogen-bond donors (Lipinski definition) is 2. The number of aromatic amines is 1. The minimum absolute atomic E-state index is 0.0390. The predicted octanol–water partition coefficient (Wildman–Crippen LogP) is 3.11. The van der Waals surface area contributed by atoms with E-state index in [1.165, 1.54) is 10.9 Å². The van der Waals surface area contributed by atoms with Gasteiger partial charge in [-0.15, -0.1) is 0 Å². The lowest BCUT2D eigenvalue weighted by Crippen LogP contribution is -2.40. The van der Waals surface area contributed by atoms with Gasteiger partial charge in [-0.25, -0.2) is 14.8 Å². The Labute approximate surface area is 167 Å². The van der Waals surface area contributed by atoms with Crippen molar-refractivity contribution in [2.24, 2.45) is 11.8 Å². The molecule has 2 aliphatic rings. The number of nitrogens with zero attached hydrogens (tertiary/aromatic N) is 4. The van der Waals surface area contributed by atoms with Crippen LogP contribution in [0.25, 0.3) is 16.6 Å². The van der Waals surface area contributed by atoms with Crippen LogP contribution in [0.2, 0.25) is 0 Å². The quantitative estimate of drug-likeness (QED) is 0.718. The SMILES string of the molecule is CC1CN(C(=O)n2ccnc2)CC=C1c1cc(NC(=O)C2CC2)nc2[nH]ccc12. The van der Waals surface area contributed by atoms with Crippen molar-refractivity contribution in [1.29, 1.82) is 0 Å². The number of fused-ring (bicyclic) bond motifs is 1. The Hall–Kier alpha value is -3.42. The maximum Gasteiger partial charge on any atom is 0.329 e. The Bertz CT molecular complexity index is 1110. The normalized spacial score (nSPS) is 19.3. The van der Waals surface area contributed by atoms with E-state index in [2.05, 4.69) is 33.3 Å². The van der Waals surface area contributed by atoms with Gasteiger partial charge in [0.2, 0.25) is 5.91 Å². The number of H-pyrrole nitrogens is 1. The highest BCUT2D eigenvalue weighted by atomic mass is 16.2. The third-order valence-corrected chi connectivity index (χ3v) is 5.59. The van der Waals surface area contributed by atoms with Crippen LogP contribution < -0.4 is 5.32 Å². The molecule has 8 nitrogen and oxygen atoms in total. The lowest BCUT2D eigenvalue weighted by molar-refractivity contribution is -0.117. The molecule has 148 valence electrons. The molecule has 2 N–H and O–H groups in total. The number of anilines is 1. The van der Waals surface area contributed by atoms with Crippen LogP contribution >= 0.6 is 0 Å². The van der Waals surface area contributed by atoms with Gasteiger partial charge in [0, 0.05) is 43.0 Å². The topological polar surface area (TPSA) is 95.9 Å². The molecule has 0 aromatic carbocycles. The van der Waals surface area contributed by atoms with Gasteiger partial charge in [-0.05, 0) is 42.0 Å². The average molecular weight is 390 g/mol. The van der Waals surface area contributed by atoms with E-state index in [4.69, 9.17) is 0 Å². The van der Waals surface area contributed by atoms with E-state index in [9.17, 15) is 9.59 Å². The number of carbonyl (C=O) groups is 2. The Balaban J connectivity index is 1.45. The number of imidazole rings is 1. The van der Waals surface area contributed by atoms with Gasteiger partial charge in [-0.1, -0.05) is 13.0 Å². The first kappa shape index (κ1) is 17.7. The largest absolute Gasteiger partial charge is 0.346 e. The van der Waals surface area contributed by atoms with Crippen molar-refractivity contribution in [3.63, 3.8) is 0 Å². The molecule has 1 saturated carbocycles. The lowest BCUT2D eigenvalue weighted by Gasteiger charge is -2.31. The van der Waals surface area contributed by atoms with E-state index in [0.29, 0.717) is 18.9 Å². The molecule has 3 aromatic heterocycles. The van der Waals surface area contributed by atoms with Crippen LogP contribution in [0.15, 0.2) is 43.1 Å². The summed E-state index contributed by atoms with van der Waals surface area (Å²) in [6, 6.07) is 3.87. The summed E-state index contributed by atoms with van der Waals surface area (Å²) in [4.78, 5) is 38.3. The highest BCUT2D eigenvalue weighted by Crippen LogP contribution is 2.35. The smallest absolute Gasteiger partial charge is 0.329 e. The second-order valence-electron chi connectivity index (χ2n) is 7.78. The van der Waals surface area contributed by atoms with Crippen LogP contribution in [-0.2, 0) is 4.79 Å². The summed E-state index contributed by atoms with van der Waals surface area (Å²) in [5.41, 5.74) is 2.96. The van der Waals surface area contributed by atoms with E-state index in [1.54, 1.807) is 17.3 Å². The third kappa shape index (κ3) is 3.30. The molecule has 4 heterocycles. The van der Waals surface area contributed by atoms with Crippen LogP contribution in [0, 0.1) is 11.8 Å². The van der Waals surface area contributed by atoms with E-state index < -0.39 is 0 Å². The maximum absolute atomic E-state index is 12.6. The van der Waals surface area contributed by atoms with E-state index in [1.807, 2.05) is 18.3 Å². The molecule has 5 rings (SSSR count). The van der Waals surface area contributed by atoms with Crippen molar-refractivity contribution in [3.8, 4) is 0 Å². The number of pyridine rings is 1. The Kier molecular flexibility index (Phi) is 4.19. The molecule has 0 radical (unpaired) electrons. The fourth-order valence-electron chi connectivity index (χ4n) is 3.89. The van der Waals surface area contributed by atoms with Gasteiger partial charge in [-0.2, -0.15) is 0 Å². The Morgan fingerprint density at radius 2 is 2.17 bits per heavy atom. The average Bonchev–Trinajstić information content (AvgIpc) is 3.22. The van der Waals surface area contributed by atoms with Gasteiger partial charge >= 0.3 is 6.03 Å². The Morgan fingerprint density at radius 3 is 2.90 bits per heavy atom. The number of nitrogens with one attached hydrogen (secondary N) is 2. The first-order valence-corrected chi connectivity index (χ1v) is 9.87. The molecule has 1 aliphatic carbocycles. The van der Waals surface area contributed by atoms with Gasteiger partial charge in [0.15, 0.2) is 0 Å². The fraction of sp³-hybridized carbons (Fsp3) is 0.333. The van der Waals surface area contributed by atoms with Crippen molar-refractivity contribution >= 4 is 34.4 Å². The van der Waals surface area contributed by atoms with Gasteiger partial charge < -0.3 is 15.2 Å². The van der Waals surface area contributed by atoms with E-state index in [-0.39, 0.29) is 23.8 Å². The first-order chi connectivity index (χ1) is 14.1. The van der Waals surface area contributed by atoms with Crippen LogP contribution in [-0.4, -0.2) is 49.4 Å². The maximum atomic E-state index is 12.6. The molecule has 8 heteroatoms. The standard InChI is InChI=1S/C21H22N6O2/c1-13-11-26(21(29)27-9-7-22-12-27)8-5-15(13)17-10-18(25-20(28)14-2-3-14)24-19-16(17)4-6-23-19/h4-7,9-10,12-14H,2-3,8,11H2,1H3,(H2,23,24,25,28). The lowest BCUT2D eigenvalue weighted by atomic mass is 9.89. The number of rotatable bonds is 3. The summed E-state index contributed by atoms with van der Waals surface area (Å²) in [6.07, 6.45) is 10.6. The molecule has 3 aromatic rings. The fourth-order valence-corrected chi connectivity index (χ4v) is 3.89. The minimum atomic E-state index is -0.0800. The molecule has 1 fully saturated rings. The molecular weight excluding hydrogens is 368 g/mol. The number of hydrogen-bond acceptors (Lipinski definition) is 4. The van der Waals surface area contributed by atoms with Crippen molar-refractivity contribution in [2.75, 3.05) is 18.4 Å². The zero-order chi connectivity index (χ0) is 20.0. The van der Waals surface area contributed by atoms with Gasteiger partial charge in [0.25, 0.3) is 0 Å². The predicted molar refractivity (Wildman–Crippen MR) is 109 cm³/mol. The van der Waals surface area contributed by atoms with Crippen molar-refractivity contribution in [3.05, 3.63) is 48.7 Å². The molecule has 0 spiro atoms. The van der Waals surface area contributed by atoms with Crippen LogP contribution in [0.3, 0.4) is 0 Å². The van der Waals surface area contributed by atoms with Gasteiger partial charge in [-0.3, -0.25) is 9.36 Å². The molecule has 0 saturated heterocycles. The molecule has 2 amide bonds. The molecule has 0 bridgehead atoms. The van der Waals surface area contributed by atoms with Crippen LogP contribution in [0.5, 0.6) is 0 Å². The highest BCUT2D eigenvalue weighted by Gasteiger charge is 2.30. The number of aromatic nitrogens is 4. The van der Waals surface area contributed by atoms with Gasteiger partial charge in [0.05, 0.1) is 0 Å². The summed E-state index contributed by atoms with van der Waals surface area (Å²) < 4.78 is 1.49. The van der Waals surface area contributed by atoms with Crippen LogP contribution in [0.1, 0.15) is 25.3 Å². The highest BCUT2D eigenvalue weighted by molar-refractivity contribution is 5.97. The van der Waals surface area contributed by atoms with E-state index in [0.717, 1.165) is 35.0 Å².